The Labute approximate surface area is 144 Å². The van der Waals surface area contributed by atoms with Crippen LogP contribution in [0.5, 0.6) is 0 Å². The molecule has 1 saturated heterocycles. The molecular weight excluding hydrogens is 304 g/mol. The van der Waals surface area contributed by atoms with Gasteiger partial charge >= 0.3 is 0 Å². The lowest BCUT2D eigenvalue weighted by Crippen LogP contribution is -2.51. The maximum absolute atomic E-state index is 12.3. The Bertz CT molecular complexity index is 532. The highest BCUT2D eigenvalue weighted by molar-refractivity contribution is 5.78. The Morgan fingerprint density at radius 3 is 2.88 bits per heavy atom. The zero-order valence-corrected chi connectivity index (χ0v) is 14.5. The van der Waals surface area contributed by atoms with Gasteiger partial charge in [0.15, 0.2) is 0 Å². The van der Waals surface area contributed by atoms with Crippen molar-refractivity contribution in [2.45, 2.75) is 51.5 Å². The lowest BCUT2D eigenvalue weighted by molar-refractivity contribution is -0.126. The molecule has 132 valence electrons. The van der Waals surface area contributed by atoms with Gasteiger partial charge < -0.3 is 14.8 Å². The quantitative estimate of drug-likeness (QED) is 0.831. The third-order valence-electron chi connectivity index (χ3n) is 4.93. The highest BCUT2D eigenvalue weighted by atomic mass is 16.5. The molecule has 1 aromatic rings. The summed E-state index contributed by atoms with van der Waals surface area (Å²) in [5, 5.41) is 3.04. The molecule has 0 bridgehead atoms. The lowest BCUT2D eigenvalue weighted by Gasteiger charge is -2.37. The normalized spacial score (nSPS) is 23.9. The third-order valence-corrected chi connectivity index (χ3v) is 4.93. The average Bonchev–Trinajstić information content (AvgIpc) is 3.09. The molecule has 1 aliphatic carbocycles. The standard InChI is InChI=1S/C19H28N2O3/c1-2-23-14-16-8-6-15(7-9-16)12-20-19(22)13-21-10-11-24-18-5-3-4-17(18)21/h6-9,17-18H,2-5,10-14H2,1H3,(H,20,22)/t17-,18-/m0/s1. The van der Waals surface area contributed by atoms with E-state index in [4.69, 9.17) is 9.47 Å². The predicted molar refractivity (Wildman–Crippen MR) is 92.6 cm³/mol. The Balaban J connectivity index is 1.43. The summed E-state index contributed by atoms with van der Waals surface area (Å²) in [6.45, 7) is 6.02. The van der Waals surface area contributed by atoms with Crippen LogP contribution in [0.1, 0.15) is 37.3 Å². The van der Waals surface area contributed by atoms with Gasteiger partial charge in [-0.15, -0.1) is 0 Å². The molecule has 1 aromatic carbocycles. The van der Waals surface area contributed by atoms with Gasteiger partial charge in [0.2, 0.25) is 5.91 Å². The average molecular weight is 332 g/mol. The maximum Gasteiger partial charge on any atom is 0.234 e. The number of rotatable bonds is 7. The molecule has 24 heavy (non-hydrogen) atoms. The van der Waals surface area contributed by atoms with E-state index in [1.165, 1.54) is 6.42 Å². The highest BCUT2D eigenvalue weighted by Gasteiger charge is 2.36. The Kier molecular flexibility index (Phi) is 6.24. The number of hydrogen-bond donors (Lipinski definition) is 1. The van der Waals surface area contributed by atoms with Gasteiger partial charge in [0.05, 0.1) is 25.9 Å². The van der Waals surface area contributed by atoms with Gasteiger partial charge in [0.1, 0.15) is 0 Å². The van der Waals surface area contributed by atoms with Crippen molar-refractivity contribution >= 4 is 5.91 Å². The van der Waals surface area contributed by atoms with Crippen molar-refractivity contribution in [2.75, 3.05) is 26.3 Å². The van der Waals surface area contributed by atoms with E-state index >= 15 is 0 Å². The van der Waals surface area contributed by atoms with Crippen molar-refractivity contribution in [1.29, 1.82) is 0 Å². The van der Waals surface area contributed by atoms with Crippen molar-refractivity contribution < 1.29 is 14.3 Å². The molecule has 1 aliphatic heterocycles. The van der Waals surface area contributed by atoms with Gasteiger partial charge in [-0.1, -0.05) is 24.3 Å². The molecule has 1 saturated carbocycles. The third kappa shape index (κ3) is 4.56. The SMILES string of the molecule is CCOCc1ccc(CNC(=O)CN2CCO[C@H]3CCC[C@@H]32)cc1. The number of ether oxygens (including phenoxy) is 2. The molecular formula is C19H28N2O3. The summed E-state index contributed by atoms with van der Waals surface area (Å²) in [5.41, 5.74) is 2.27. The van der Waals surface area contributed by atoms with Crippen molar-refractivity contribution in [1.82, 2.24) is 10.2 Å². The second kappa shape index (κ2) is 8.60. The highest BCUT2D eigenvalue weighted by Crippen LogP contribution is 2.29. The van der Waals surface area contributed by atoms with Crippen molar-refractivity contribution in [3.8, 4) is 0 Å². The van der Waals surface area contributed by atoms with Crippen LogP contribution in [0.25, 0.3) is 0 Å². The molecule has 5 nitrogen and oxygen atoms in total. The summed E-state index contributed by atoms with van der Waals surface area (Å²) in [5.74, 6) is 0.0981. The largest absolute Gasteiger partial charge is 0.377 e. The second-order valence-electron chi connectivity index (χ2n) is 6.61. The first-order chi connectivity index (χ1) is 11.8. The van der Waals surface area contributed by atoms with Gasteiger partial charge in [0.25, 0.3) is 0 Å². The van der Waals surface area contributed by atoms with Crippen LogP contribution in [0, 0.1) is 0 Å². The summed E-state index contributed by atoms with van der Waals surface area (Å²) in [6, 6.07) is 8.65. The van der Waals surface area contributed by atoms with Crippen LogP contribution in [0.3, 0.4) is 0 Å². The molecule has 0 spiro atoms. The number of amides is 1. The first-order valence-electron chi connectivity index (χ1n) is 9.04. The first-order valence-corrected chi connectivity index (χ1v) is 9.04. The fourth-order valence-electron chi connectivity index (χ4n) is 3.62. The summed E-state index contributed by atoms with van der Waals surface area (Å²) < 4.78 is 11.2. The van der Waals surface area contributed by atoms with E-state index in [1.54, 1.807) is 0 Å². The fraction of sp³-hybridized carbons (Fsp3) is 0.632. The number of benzene rings is 1. The molecule has 1 amide bonds. The summed E-state index contributed by atoms with van der Waals surface area (Å²) in [7, 11) is 0. The van der Waals surface area contributed by atoms with Crippen molar-refractivity contribution in [2.24, 2.45) is 0 Å². The van der Waals surface area contributed by atoms with Crippen LogP contribution < -0.4 is 5.32 Å². The van der Waals surface area contributed by atoms with Gasteiger partial charge in [-0.05, 0) is 37.3 Å². The number of nitrogens with zero attached hydrogens (tertiary/aromatic N) is 1. The molecule has 0 aromatic heterocycles. The second-order valence-corrected chi connectivity index (χ2v) is 6.61. The van der Waals surface area contributed by atoms with Crippen LogP contribution in [-0.4, -0.2) is 49.3 Å². The van der Waals surface area contributed by atoms with Crippen LogP contribution in [-0.2, 0) is 27.4 Å². The topological polar surface area (TPSA) is 50.8 Å². The first kappa shape index (κ1) is 17.4. The molecule has 3 rings (SSSR count). The van der Waals surface area contributed by atoms with Crippen LogP contribution in [0.15, 0.2) is 24.3 Å². The van der Waals surface area contributed by atoms with Gasteiger partial charge in [-0.3, -0.25) is 9.69 Å². The Morgan fingerprint density at radius 1 is 1.29 bits per heavy atom. The van der Waals surface area contributed by atoms with E-state index in [0.717, 1.165) is 43.7 Å². The number of fused-ring (bicyclic) bond motifs is 1. The summed E-state index contributed by atoms with van der Waals surface area (Å²) in [6.07, 6.45) is 3.84. The van der Waals surface area contributed by atoms with Crippen LogP contribution >= 0.6 is 0 Å². The van der Waals surface area contributed by atoms with E-state index in [9.17, 15) is 4.79 Å². The van der Waals surface area contributed by atoms with Crippen molar-refractivity contribution in [3.63, 3.8) is 0 Å². The maximum atomic E-state index is 12.3. The zero-order chi connectivity index (χ0) is 16.8. The Hall–Kier alpha value is -1.43. The zero-order valence-electron chi connectivity index (χ0n) is 14.5. The van der Waals surface area contributed by atoms with E-state index in [1.807, 2.05) is 6.92 Å². The lowest BCUT2D eigenvalue weighted by atomic mass is 10.1. The van der Waals surface area contributed by atoms with Crippen LogP contribution in [0.4, 0.5) is 0 Å². The number of carbonyl (C=O) groups excluding carboxylic acids is 1. The van der Waals surface area contributed by atoms with E-state index in [0.29, 0.717) is 31.8 Å². The fourth-order valence-corrected chi connectivity index (χ4v) is 3.62. The number of morpholine rings is 1. The minimum Gasteiger partial charge on any atom is -0.377 e. The molecule has 5 heteroatoms. The van der Waals surface area contributed by atoms with Crippen molar-refractivity contribution in [3.05, 3.63) is 35.4 Å². The van der Waals surface area contributed by atoms with E-state index < -0.39 is 0 Å². The monoisotopic (exact) mass is 332 g/mol. The predicted octanol–water partition coefficient (Wildman–Crippen LogP) is 2.09. The molecule has 0 unspecified atom stereocenters. The van der Waals surface area contributed by atoms with Gasteiger partial charge in [-0.2, -0.15) is 0 Å². The molecule has 2 fully saturated rings. The number of nitrogens with one attached hydrogen (secondary N) is 1. The minimum absolute atomic E-state index is 0.0981. The molecule has 0 radical (unpaired) electrons. The number of hydrogen-bond acceptors (Lipinski definition) is 4. The smallest absolute Gasteiger partial charge is 0.234 e. The Morgan fingerprint density at radius 2 is 2.08 bits per heavy atom. The van der Waals surface area contributed by atoms with Crippen LogP contribution in [0.2, 0.25) is 0 Å². The summed E-state index contributed by atoms with van der Waals surface area (Å²) in [4.78, 5) is 14.6. The molecule has 1 N–H and O–H groups in total. The van der Waals surface area contributed by atoms with Gasteiger partial charge in [0, 0.05) is 25.7 Å². The van der Waals surface area contributed by atoms with E-state index in [-0.39, 0.29) is 5.91 Å². The summed E-state index contributed by atoms with van der Waals surface area (Å²) >= 11 is 0. The van der Waals surface area contributed by atoms with E-state index in [2.05, 4.69) is 34.5 Å². The molecule has 2 atom stereocenters. The number of carbonyl (C=O) groups is 1. The molecule has 1 heterocycles. The minimum atomic E-state index is 0.0981. The molecule has 2 aliphatic rings. The van der Waals surface area contributed by atoms with Gasteiger partial charge in [-0.25, -0.2) is 0 Å².